The second kappa shape index (κ2) is 6.04. The lowest BCUT2D eigenvalue weighted by molar-refractivity contribution is 0.340. The van der Waals surface area contributed by atoms with Gasteiger partial charge in [0.05, 0.1) is 6.61 Å². The van der Waals surface area contributed by atoms with Crippen LogP contribution in [0.3, 0.4) is 0 Å². The van der Waals surface area contributed by atoms with E-state index in [4.69, 9.17) is 4.74 Å². The van der Waals surface area contributed by atoms with Crippen LogP contribution in [0.2, 0.25) is 0 Å². The van der Waals surface area contributed by atoms with Crippen LogP contribution in [0.4, 0.5) is 11.6 Å². The third kappa shape index (κ3) is 3.58. The summed E-state index contributed by atoms with van der Waals surface area (Å²) in [4.78, 5) is 18.4. The number of rotatable bonds is 5. The number of hydrogen-bond acceptors (Lipinski definition) is 4. The molecule has 1 heterocycles. The van der Waals surface area contributed by atoms with Crippen molar-refractivity contribution < 1.29 is 4.74 Å². The van der Waals surface area contributed by atoms with E-state index in [9.17, 15) is 4.79 Å². The summed E-state index contributed by atoms with van der Waals surface area (Å²) in [5.74, 6) is 1.27. The van der Waals surface area contributed by atoms with Gasteiger partial charge in [-0.05, 0) is 37.6 Å². The molecule has 2 N–H and O–H groups in total. The Bertz CT molecular complexity index is 590. The maximum absolute atomic E-state index is 11.4. The Labute approximate surface area is 111 Å². The molecule has 19 heavy (non-hydrogen) atoms. The first-order chi connectivity index (χ1) is 9.21. The van der Waals surface area contributed by atoms with E-state index in [-0.39, 0.29) is 5.56 Å². The highest BCUT2D eigenvalue weighted by atomic mass is 16.5. The molecular weight excluding hydrogens is 242 g/mol. The van der Waals surface area contributed by atoms with Crippen molar-refractivity contribution in [2.75, 3.05) is 11.9 Å². The van der Waals surface area contributed by atoms with Crippen molar-refractivity contribution in [2.45, 2.75) is 20.3 Å². The Morgan fingerprint density at radius 3 is 2.63 bits per heavy atom. The lowest BCUT2D eigenvalue weighted by Gasteiger charge is -2.07. The zero-order valence-electron chi connectivity index (χ0n) is 11.1. The van der Waals surface area contributed by atoms with Gasteiger partial charge in [0.1, 0.15) is 5.75 Å². The minimum Gasteiger partial charge on any atom is -0.494 e. The minimum absolute atomic E-state index is 0.153. The molecule has 0 bridgehead atoms. The number of hydrogen-bond donors (Lipinski definition) is 2. The third-order valence-corrected chi connectivity index (χ3v) is 2.59. The standard InChI is InChI=1S/C14H17N3O2/c1-3-10-9-13(18)17-14(15-10)16-11-5-7-12(8-6-11)19-4-2/h5-9H,3-4H2,1-2H3,(H2,15,16,17,18). The lowest BCUT2D eigenvalue weighted by Crippen LogP contribution is -2.11. The summed E-state index contributed by atoms with van der Waals surface area (Å²) in [7, 11) is 0. The number of benzene rings is 1. The van der Waals surface area contributed by atoms with Gasteiger partial charge in [0.25, 0.3) is 5.56 Å². The summed E-state index contributed by atoms with van der Waals surface area (Å²) in [6.07, 6.45) is 0.724. The van der Waals surface area contributed by atoms with Crippen molar-refractivity contribution >= 4 is 11.6 Å². The van der Waals surface area contributed by atoms with Crippen molar-refractivity contribution in [2.24, 2.45) is 0 Å². The number of H-pyrrole nitrogens is 1. The largest absolute Gasteiger partial charge is 0.494 e. The van der Waals surface area contributed by atoms with Crippen LogP contribution < -0.4 is 15.6 Å². The van der Waals surface area contributed by atoms with E-state index in [0.717, 1.165) is 23.6 Å². The van der Waals surface area contributed by atoms with Crippen molar-refractivity contribution in [3.8, 4) is 5.75 Å². The second-order valence-corrected chi connectivity index (χ2v) is 4.02. The van der Waals surface area contributed by atoms with Gasteiger partial charge < -0.3 is 10.1 Å². The molecule has 2 aromatic rings. The molecule has 0 fully saturated rings. The summed E-state index contributed by atoms with van der Waals surface area (Å²) in [5.41, 5.74) is 1.46. The van der Waals surface area contributed by atoms with Crippen LogP contribution in [0.5, 0.6) is 5.75 Å². The predicted molar refractivity (Wildman–Crippen MR) is 75.1 cm³/mol. The summed E-state index contributed by atoms with van der Waals surface area (Å²) in [6, 6.07) is 9.00. The first kappa shape index (κ1) is 13.1. The summed E-state index contributed by atoms with van der Waals surface area (Å²) >= 11 is 0. The quantitative estimate of drug-likeness (QED) is 0.865. The molecule has 5 heteroatoms. The highest BCUT2D eigenvalue weighted by Crippen LogP contribution is 2.17. The first-order valence-corrected chi connectivity index (χ1v) is 6.31. The number of aromatic nitrogens is 2. The molecule has 0 atom stereocenters. The van der Waals surface area contributed by atoms with Gasteiger partial charge in [0.2, 0.25) is 5.95 Å². The van der Waals surface area contributed by atoms with Crippen molar-refractivity contribution in [1.82, 2.24) is 9.97 Å². The fourth-order valence-electron chi connectivity index (χ4n) is 1.69. The molecule has 100 valence electrons. The summed E-state index contributed by atoms with van der Waals surface area (Å²) in [5, 5.41) is 3.07. The number of aryl methyl sites for hydroxylation is 1. The summed E-state index contributed by atoms with van der Waals surface area (Å²) in [6.45, 7) is 4.54. The normalized spacial score (nSPS) is 10.2. The van der Waals surface area contributed by atoms with E-state index in [1.165, 1.54) is 6.07 Å². The van der Waals surface area contributed by atoms with Crippen molar-refractivity contribution in [3.05, 3.63) is 46.4 Å². The molecule has 0 unspecified atom stereocenters. The molecule has 0 aliphatic carbocycles. The van der Waals surface area contributed by atoms with Crippen LogP contribution in [0.25, 0.3) is 0 Å². The second-order valence-electron chi connectivity index (χ2n) is 4.02. The molecule has 1 aromatic carbocycles. The first-order valence-electron chi connectivity index (χ1n) is 6.31. The maximum atomic E-state index is 11.4. The average molecular weight is 259 g/mol. The van der Waals surface area contributed by atoms with E-state index in [1.807, 2.05) is 38.1 Å². The van der Waals surface area contributed by atoms with Gasteiger partial charge in [-0.1, -0.05) is 6.92 Å². The number of nitrogens with one attached hydrogen (secondary N) is 2. The van der Waals surface area contributed by atoms with Gasteiger partial charge in [0.15, 0.2) is 0 Å². The fourth-order valence-corrected chi connectivity index (χ4v) is 1.69. The molecule has 1 aromatic heterocycles. The Morgan fingerprint density at radius 2 is 2.00 bits per heavy atom. The molecule has 0 amide bonds. The van der Waals surface area contributed by atoms with Gasteiger partial charge in [-0.25, -0.2) is 4.98 Å². The van der Waals surface area contributed by atoms with Crippen LogP contribution >= 0.6 is 0 Å². The molecule has 0 aliphatic heterocycles. The van der Waals surface area contributed by atoms with Crippen LogP contribution in [-0.2, 0) is 6.42 Å². The molecule has 5 nitrogen and oxygen atoms in total. The monoisotopic (exact) mass is 259 g/mol. The van der Waals surface area contributed by atoms with Crippen molar-refractivity contribution in [1.29, 1.82) is 0 Å². The molecule has 0 saturated carbocycles. The molecular formula is C14H17N3O2. The molecule has 0 radical (unpaired) electrons. The average Bonchev–Trinajstić information content (AvgIpc) is 2.40. The van der Waals surface area contributed by atoms with E-state index >= 15 is 0 Å². The Hall–Kier alpha value is -2.30. The van der Waals surface area contributed by atoms with E-state index in [2.05, 4.69) is 15.3 Å². The smallest absolute Gasteiger partial charge is 0.252 e. The van der Waals surface area contributed by atoms with Gasteiger partial charge in [-0.3, -0.25) is 9.78 Å². The molecule has 0 spiro atoms. The number of ether oxygens (including phenoxy) is 1. The van der Waals surface area contributed by atoms with E-state index < -0.39 is 0 Å². The number of nitrogens with zero attached hydrogens (tertiary/aromatic N) is 1. The van der Waals surface area contributed by atoms with Crippen LogP contribution in [0.1, 0.15) is 19.5 Å². The van der Waals surface area contributed by atoms with Gasteiger partial charge in [-0.15, -0.1) is 0 Å². The van der Waals surface area contributed by atoms with Gasteiger partial charge in [0, 0.05) is 17.4 Å². The summed E-state index contributed by atoms with van der Waals surface area (Å²) < 4.78 is 5.37. The van der Waals surface area contributed by atoms with Crippen molar-refractivity contribution in [3.63, 3.8) is 0 Å². The van der Waals surface area contributed by atoms with Crippen LogP contribution in [0, 0.1) is 0 Å². The van der Waals surface area contributed by atoms with Crippen LogP contribution in [-0.4, -0.2) is 16.6 Å². The lowest BCUT2D eigenvalue weighted by atomic mass is 10.3. The van der Waals surface area contributed by atoms with E-state index in [0.29, 0.717) is 12.6 Å². The number of aromatic amines is 1. The molecule has 0 saturated heterocycles. The topological polar surface area (TPSA) is 67.0 Å². The molecule has 2 rings (SSSR count). The minimum atomic E-state index is -0.153. The highest BCUT2D eigenvalue weighted by molar-refractivity contribution is 5.54. The third-order valence-electron chi connectivity index (χ3n) is 2.59. The van der Waals surface area contributed by atoms with Gasteiger partial charge >= 0.3 is 0 Å². The molecule has 0 aliphatic rings. The zero-order valence-corrected chi connectivity index (χ0v) is 11.1. The zero-order chi connectivity index (χ0) is 13.7. The number of anilines is 2. The van der Waals surface area contributed by atoms with Crippen LogP contribution in [0.15, 0.2) is 35.1 Å². The van der Waals surface area contributed by atoms with Gasteiger partial charge in [-0.2, -0.15) is 0 Å². The fraction of sp³-hybridized carbons (Fsp3) is 0.286. The Morgan fingerprint density at radius 1 is 1.26 bits per heavy atom. The Kier molecular flexibility index (Phi) is 4.18. The maximum Gasteiger partial charge on any atom is 0.252 e. The predicted octanol–water partition coefficient (Wildman–Crippen LogP) is 2.47. The SMILES string of the molecule is CCOc1ccc(Nc2nc(CC)cc(=O)[nH]2)cc1. The Balaban J connectivity index is 2.16. The highest BCUT2D eigenvalue weighted by Gasteiger charge is 2.01. The van der Waals surface area contributed by atoms with E-state index in [1.54, 1.807) is 0 Å².